The zero-order valence-corrected chi connectivity index (χ0v) is 16.2. The summed E-state index contributed by atoms with van der Waals surface area (Å²) in [6.45, 7) is 2.58. The molecule has 6 nitrogen and oxygen atoms in total. The number of benzene rings is 1. The molecule has 140 valence electrons. The van der Waals surface area contributed by atoms with Crippen molar-refractivity contribution in [2.45, 2.75) is 25.0 Å². The fourth-order valence-electron chi connectivity index (χ4n) is 3.47. The second-order valence-corrected chi connectivity index (χ2v) is 7.36. The van der Waals surface area contributed by atoms with E-state index in [1.165, 1.54) is 4.90 Å². The molecule has 0 saturated carbocycles. The minimum atomic E-state index is -1.09. The Bertz CT molecular complexity index is 907. The number of pyridine rings is 1. The number of carbonyl (C=O) groups is 1. The molecule has 0 aliphatic carbocycles. The number of rotatable bonds is 3. The van der Waals surface area contributed by atoms with Gasteiger partial charge in [0.05, 0.1) is 16.6 Å². The number of aromatic nitrogens is 1. The Hall–Kier alpha value is -2.62. The van der Waals surface area contributed by atoms with Gasteiger partial charge in [0.15, 0.2) is 0 Å². The molecule has 1 aliphatic rings. The van der Waals surface area contributed by atoms with Crippen molar-refractivity contribution in [1.29, 1.82) is 5.26 Å². The van der Waals surface area contributed by atoms with Gasteiger partial charge < -0.3 is 14.9 Å². The molecular weight excluding hydrogens is 364 g/mol. The van der Waals surface area contributed by atoms with Gasteiger partial charge in [0.1, 0.15) is 17.4 Å². The second kappa shape index (κ2) is 7.18. The zero-order chi connectivity index (χ0) is 19.8. The maximum Gasteiger partial charge on any atom is 0.271 e. The zero-order valence-electron chi connectivity index (χ0n) is 15.5. The molecule has 1 aromatic heterocycles. The summed E-state index contributed by atoms with van der Waals surface area (Å²) in [6.07, 6.45) is 2.09. The first-order chi connectivity index (χ1) is 12.8. The molecule has 1 amide bonds. The van der Waals surface area contributed by atoms with Gasteiger partial charge in [-0.05, 0) is 37.6 Å². The maximum atomic E-state index is 12.0. The van der Waals surface area contributed by atoms with E-state index in [1.54, 1.807) is 44.6 Å². The molecule has 0 spiro atoms. The first kappa shape index (κ1) is 19.2. The minimum Gasteiger partial charge on any atom is -0.383 e. The van der Waals surface area contributed by atoms with Crippen molar-refractivity contribution in [3.8, 4) is 6.07 Å². The molecule has 7 heteroatoms. The average Bonchev–Trinajstić information content (AvgIpc) is 2.97. The molecule has 1 saturated heterocycles. The third-order valence-electron chi connectivity index (χ3n) is 5.19. The number of carbonyl (C=O) groups excluding carboxylic acids is 1. The predicted octanol–water partition coefficient (Wildman–Crippen LogP) is 2.79. The Balaban J connectivity index is 1.86. The van der Waals surface area contributed by atoms with Crippen molar-refractivity contribution in [2.75, 3.05) is 25.5 Å². The van der Waals surface area contributed by atoms with Gasteiger partial charge in [-0.2, -0.15) is 5.26 Å². The normalized spacial score (nSPS) is 21.8. The summed E-state index contributed by atoms with van der Waals surface area (Å²) in [5, 5.41) is 20.7. The molecular formula is C20H21ClN4O2. The summed E-state index contributed by atoms with van der Waals surface area (Å²) < 4.78 is 0. The number of aliphatic hydroxyl groups is 1. The number of nitrogens with zero attached hydrogens (tertiary/aromatic N) is 4. The summed E-state index contributed by atoms with van der Waals surface area (Å²) in [5.41, 5.74) is 1.21. The van der Waals surface area contributed by atoms with Crippen molar-refractivity contribution in [3.05, 3.63) is 58.4 Å². The van der Waals surface area contributed by atoms with Crippen LogP contribution in [0.2, 0.25) is 5.02 Å². The molecule has 0 unspecified atom stereocenters. The van der Waals surface area contributed by atoms with Crippen LogP contribution in [0.25, 0.3) is 0 Å². The van der Waals surface area contributed by atoms with E-state index in [9.17, 15) is 9.90 Å². The standard InChI is InChI=1S/C20H21ClN4O2/c1-13-20(27,15-5-7-18(23-12-15)19(26)24(2)3)8-9-25(13)16-6-4-14(11-22)17(21)10-16/h4-7,10,12-13,27H,8-9H2,1-3H3/t13-,20-/m0/s1. The van der Waals surface area contributed by atoms with Crippen LogP contribution in [0.5, 0.6) is 0 Å². The van der Waals surface area contributed by atoms with E-state index < -0.39 is 5.60 Å². The van der Waals surface area contributed by atoms with Gasteiger partial charge in [-0.15, -0.1) is 0 Å². The SMILES string of the molecule is C[C@@H]1N(c2ccc(C#N)c(Cl)c2)CC[C@@]1(O)c1ccc(C(=O)N(C)C)nc1. The predicted molar refractivity (Wildman–Crippen MR) is 104 cm³/mol. The summed E-state index contributed by atoms with van der Waals surface area (Å²) in [5.74, 6) is -0.179. The molecule has 1 fully saturated rings. The van der Waals surface area contributed by atoms with Crippen LogP contribution in [-0.2, 0) is 5.60 Å². The molecule has 3 rings (SSSR count). The molecule has 27 heavy (non-hydrogen) atoms. The summed E-state index contributed by atoms with van der Waals surface area (Å²) in [6, 6.07) is 10.5. The highest BCUT2D eigenvalue weighted by Gasteiger charge is 2.45. The van der Waals surface area contributed by atoms with E-state index >= 15 is 0 Å². The first-order valence-corrected chi connectivity index (χ1v) is 9.02. The monoisotopic (exact) mass is 384 g/mol. The Morgan fingerprint density at radius 1 is 1.41 bits per heavy atom. The fourth-order valence-corrected chi connectivity index (χ4v) is 3.69. The summed E-state index contributed by atoms with van der Waals surface area (Å²) in [7, 11) is 3.34. The van der Waals surface area contributed by atoms with Crippen LogP contribution in [0, 0.1) is 11.3 Å². The van der Waals surface area contributed by atoms with E-state index in [0.29, 0.717) is 34.8 Å². The van der Waals surface area contributed by atoms with Gasteiger partial charge in [0.2, 0.25) is 0 Å². The number of halogens is 1. The van der Waals surface area contributed by atoms with E-state index in [0.717, 1.165) is 5.69 Å². The Labute approximate surface area is 163 Å². The molecule has 0 bridgehead atoms. The van der Waals surface area contributed by atoms with E-state index in [4.69, 9.17) is 16.9 Å². The quantitative estimate of drug-likeness (QED) is 0.880. The molecule has 0 radical (unpaired) electrons. The van der Waals surface area contributed by atoms with Crippen LogP contribution in [0.1, 0.15) is 35.0 Å². The summed E-state index contributed by atoms with van der Waals surface area (Å²) >= 11 is 6.16. The van der Waals surface area contributed by atoms with Crippen molar-refractivity contribution in [1.82, 2.24) is 9.88 Å². The van der Waals surface area contributed by atoms with Crippen molar-refractivity contribution in [3.63, 3.8) is 0 Å². The molecule has 1 aromatic carbocycles. The third-order valence-corrected chi connectivity index (χ3v) is 5.50. The minimum absolute atomic E-state index is 0.179. The highest BCUT2D eigenvalue weighted by atomic mass is 35.5. The Kier molecular flexibility index (Phi) is 5.09. The highest BCUT2D eigenvalue weighted by molar-refractivity contribution is 6.32. The van der Waals surface area contributed by atoms with Gasteiger partial charge in [0, 0.05) is 38.1 Å². The second-order valence-electron chi connectivity index (χ2n) is 6.95. The van der Waals surface area contributed by atoms with E-state index in [-0.39, 0.29) is 11.9 Å². The molecule has 1 N–H and O–H groups in total. The lowest BCUT2D eigenvalue weighted by molar-refractivity contribution is 0.0326. The van der Waals surface area contributed by atoms with Gasteiger partial charge in [-0.1, -0.05) is 17.7 Å². The third kappa shape index (κ3) is 3.36. The number of hydrogen-bond donors (Lipinski definition) is 1. The number of nitriles is 1. The number of amides is 1. The average molecular weight is 385 g/mol. The van der Waals surface area contributed by atoms with Crippen LogP contribution in [0.4, 0.5) is 5.69 Å². The smallest absolute Gasteiger partial charge is 0.271 e. The lowest BCUT2D eigenvalue weighted by Crippen LogP contribution is -2.40. The fraction of sp³-hybridized carbons (Fsp3) is 0.350. The van der Waals surface area contributed by atoms with Crippen LogP contribution >= 0.6 is 11.6 Å². The largest absolute Gasteiger partial charge is 0.383 e. The molecule has 1 aliphatic heterocycles. The lowest BCUT2D eigenvalue weighted by Gasteiger charge is -2.33. The molecule has 2 atom stereocenters. The number of anilines is 1. The van der Waals surface area contributed by atoms with Crippen molar-refractivity contribution < 1.29 is 9.90 Å². The van der Waals surface area contributed by atoms with E-state index in [2.05, 4.69) is 9.88 Å². The lowest BCUT2D eigenvalue weighted by atomic mass is 9.88. The van der Waals surface area contributed by atoms with E-state index in [1.807, 2.05) is 19.1 Å². The molecule has 2 heterocycles. The van der Waals surface area contributed by atoms with Crippen LogP contribution in [0.3, 0.4) is 0 Å². The Morgan fingerprint density at radius 3 is 2.70 bits per heavy atom. The van der Waals surface area contributed by atoms with Crippen LogP contribution in [0.15, 0.2) is 36.5 Å². The van der Waals surface area contributed by atoms with Gasteiger partial charge in [-0.25, -0.2) is 0 Å². The van der Waals surface area contributed by atoms with Crippen molar-refractivity contribution in [2.24, 2.45) is 0 Å². The Morgan fingerprint density at radius 2 is 2.15 bits per heavy atom. The topological polar surface area (TPSA) is 80.5 Å². The van der Waals surface area contributed by atoms with Crippen LogP contribution in [-0.4, -0.2) is 47.6 Å². The van der Waals surface area contributed by atoms with Crippen molar-refractivity contribution >= 4 is 23.2 Å². The van der Waals surface area contributed by atoms with Gasteiger partial charge >= 0.3 is 0 Å². The highest BCUT2D eigenvalue weighted by Crippen LogP contribution is 2.40. The molecule has 2 aromatic rings. The first-order valence-electron chi connectivity index (χ1n) is 8.65. The van der Waals surface area contributed by atoms with Gasteiger partial charge in [-0.3, -0.25) is 9.78 Å². The van der Waals surface area contributed by atoms with Crippen LogP contribution < -0.4 is 4.90 Å². The summed E-state index contributed by atoms with van der Waals surface area (Å²) in [4.78, 5) is 19.8. The van der Waals surface area contributed by atoms with Gasteiger partial charge in [0.25, 0.3) is 5.91 Å². The number of hydrogen-bond acceptors (Lipinski definition) is 5. The maximum absolute atomic E-state index is 12.0.